The summed E-state index contributed by atoms with van der Waals surface area (Å²) in [6.45, 7) is 4.12. The van der Waals surface area contributed by atoms with Gasteiger partial charge in [-0.25, -0.2) is 0 Å². The average molecular weight is 184 g/mol. The Kier molecular flexibility index (Phi) is 3.72. The summed E-state index contributed by atoms with van der Waals surface area (Å²) in [6, 6.07) is 0.0397. The lowest BCUT2D eigenvalue weighted by Crippen LogP contribution is -2.45. The van der Waals surface area contributed by atoms with Crippen LogP contribution in [-0.2, 0) is 4.79 Å². The molecule has 1 fully saturated rings. The summed E-state index contributed by atoms with van der Waals surface area (Å²) in [5.74, 6) is 0.634. The first-order valence-electron chi connectivity index (χ1n) is 5.21. The number of nitrogens with two attached hydrogens (primary N) is 1. The first-order chi connectivity index (χ1) is 6.15. The third kappa shape index (κ3) is 2.69. The SMILES string of the molecule is CCC(N)C(=O)NC1CCCC1C. The van der Waals surface area contributed by atoms with E-state index in [9.17, 15) is 4.79 Å². The van der Waals surface area contributed by atoms with Gasteiger partial charge in [-0.05, 0) is 25.2 Å². The second-order valence-electron chi connectivity index (χ2n) is 4.04. The third-order valence-electron chi connectivity index (χ3n) is 2.97. The molecule has 76 valence electrons. The van der Waals surface area contributed by atoms with Crippen molar-refractivity contribution in [1.82, 2.24) is 5.32 Å². The molecule has 3 heteroatoms. The fraction of sp³-hybridized carbons (Fsp3) is 0.900. The molecule has 1 rings (SSSR count). The Morgan fingerprint density at radius 2 is 2.31 bits per heavy atom. The van der Waals surface area contributed by atoms with E-state index in [1.165, 1.54) is 12.8 Å². The molecule has 0 aliphatic heterocycles. The van der Waals surface area contributed by atoms with Crippen molar-refractivity contribution in [2.75, 3.05) is 0 Å². The maximum Gasteiger partial charge on any atom is 0.237 e. The van der Waals surface area contributed by atoms with Crippen molar-refractivity contribution in [1.29, 1.82) is 0 Å². The molecule has 1 saturated carbocycles. The Labute approximate surface area is 80.1 Å². The summed E-state index contributed by atoms with van der Waals surface area (Å²) in [6.07, 6.45) is 4.29. The summed E-state index contributed by atoms with van der Waals surface area (Å²) in [7, 11) is 0. The van der Waals surface area contributed by atoms with Crippen molar-refractivity contribution < 1.29 is 4.79 Å². The molecule has 0 aromatic carbocycles. The molecule has 0 aromatic heterocycles. The van der Waals surface area contributed by atoms with Gasteiger partial charge in [0.25, 0.3) is 0 Å². The summed E-state index contributed by atoms with van der Waals surface area (Å²) < 4.78 is 0. The van der Waals surface area contributed by atoms with Crippen LogP contribution in [-0.4, -0.2) is 18.0 Å². The molecular weight excluding hydrogens is 164 g/mol. The van der Waals surface area contributed by atoms with E-state index in [4.69, 9.17) is 5.73 Å². The van der Waals surface area contributed by atoms with Crippen molar-refractivity contribution in [3.05, 3.63) is 0 Å². The van der Waals surface area contributed by atoms with Crippen LogP contribution in [0.25, 0.3) is 0 Å². The minimum Gasteiger partial charge on any atom is -0.352 e. The molecule has 3 N–H and O–H groups in total. The van der Waals surface area contributed by atoms with Gasteiger partial charge in [-0.15, -0.1) is 0 Å². The van der Waals surface area contributed by atoms with Gasteiger partial charge in [0.05, 0.1) is 6.04 Å². The normalized spacial score (nSPS) is 30.1. The molecule has 0 radical (unpaired) electrons. The van der Waals surface area contributed by atoms with Gasteiger partial charge >= 0.3 is 0 Å². The summed E-state index contributed by atoms with van der Waals surface area (Å²) in [5, 5.41) is 3.02. The lowest BCUT2D eigenvalue weighted by atomic mass is 10.1. The number of rotatable bonds is 3. The number of carbonyl (C=O) groups is 1. The smallest absolute Gasteiger partial charge is 0.237 e. The topological polar surface area (TPSA) is 55.1 Å². The van der Waals surface area contributed by atoms with Gasteiger partial charge in [0.2, 0.25) is 5.91 Å². The van der Waals surface area contributed by atoms with Gasteiger partial charge < -0.3 is 11.1 Å². The Bertz CT molecular complexity index is 182. The molecule has 1 amide bonds. The molecule has 1 aliphatic rings. The maximum atomic E-state index is 11.4. The van der Waals surface area contributed by atoms with E-state index >= 15 is 0 Å². The van der Waals surface area contributed by atoms with Crippen LogP contribution in [0, 0.1) is 5.92 Å². The zero-order valence-corrected chi connectivity index (χ0v) is 8.55. The lowest BCUT2D eigenvalue weighted by molar-refractivity contribution is -0.123. The number of hydrogen-bond donors (Lipinski definition) is 2. The highest BCUT2D eigenvalue weighted by Crippen LogP contribution is 2.24. The van der Waals surface area contributed by atoms with E-state index in [2.05, 4.69) is 12.2 Å². The lowest BCUT2D eigenvalue weighted by Gasteiger charge is -2.19. The second-order valence-corrected chi connectivity index (χ2v) is 4.04. The monoisotopic (exact) mass is 184 g/mol. The zero-order valence-electron chi connectivity index (χ0n) is 8.55. The Balaban J connectivity index is 2.35. The zero-order chi connectivity index (χ0) is 9.84. The van der Waals surface area contributed by atoms with E-state index < -0.39 is 0 Å². The molecule has 3 atom stereocenters. The number of hydrogen-bond acceptors (Lipinski definition) is 2. The van der Waals surface area contributed by atoms with Gasteiger partial charge in [-0.3, -0.25) is 4.79 Å². The van der Waals surface area contributed by atoms with Crippen LogP contribution >= 0.6 is 0 Å². The number of carbonyl (C=O) groups excluding carboxylic acids is 1. The molecule has 0 saturated heterocycles. The van der Waals surface area contributed by atoms with E-state index in [0.717, 1.165) is 6.42 Å². The van der Waals surface area contributed by atoms with Crippen LogP contribution < -0.4 is 11.1 Å². The Morgan fingerprint density at radius 1 is 1.62 bits per heavy atom. The summed E-state index contributed by atoms with van der Waals surface area (Å²) >= 11 is 0. The summed E-state index contributed by atoms with van der Waals surface area (Å²) in [5.41, 5.74) is 5.63. The second kappa shape index (κ2) is 4.61. The minimum atomic E-state index is -0.326. The van der Waals surface area contributed by atoms with Crippen LogP contribution in [0.4, 0.5) is 0 Å². The molecule has 13 heavy (non-hydrogen) atoms. The maximum absolute atomic E-state index is 11.4. The predicted molar refractivity (Wildman–Crippen MR) is 53.2 cm³/mol. The first kappa shape index (κ1) is 10.5. The average Bonchev–Trinajstić information content (AvgIpc) is 2.50. The van der Waals surface area contributed by atoms with Gasteiger partial charge in [-0.2, -0.15) is 0 Å². The highest BCUT2D eigenvalue weighted by molar-refractivity contribution is 5.81. The van der Waals surface area contributed by atoms with Crippen LogP contribution in [0.1, 0.15) is 39.5 Å². The highest BCUT2D eigenvalue weighted by atomic mass is 16.2. The van der Waals surface area contributed by atoms with Gasteiger partial charge in [0, 0.05) is 6.04 Å². The van der Waals surface area contributed by atoms with E-state index in [1.807, 2.05) is 6.92 Å². The predicted octanol–water partition coefficient (Wildman–Crippen LogP) is 1.03. The molecule has 3 nitrogen and oxygen atoms in total. The van der Waals surface area contributed by atoms with Crippen LogP contribution in [0.3, 0.4) is 0 Å². The van der Waals surface area contributed by atoms with E-state index in [-0.39, 0.29) is 11.9 Å². The third-order valence-corrected chi connectivity index (χ3v) is 2.97. The summed E-state index contributed by atoms with van der Waals surface area (Å²) in [4.78, 5) is 11.4. The first-order valence-corrected chi connectivity index (χ1v) is 5.21. The standard InChI is InChI=1S/C10H20N2O/c1-3-8(11)10(13)12-9-6-4-5-7(9)2/h7-9H,3-6,11H2,1-2H3,(H,12,13). The Hall–Kier alpha value is -0.570. The molecule has 3 unspecified atom stereocenters. The van der Waals surface area contributed by atoms with Gasteiger partial charge in [-0.1, -0.05) is 20.3 Å². The van der Waals surface area contributed by atoms with E-state index in [0.29, 0.717) is 18.4 Å². The van der Waals surface area contributed by atoms with Gasteiger partial charge in [0.1, 0.15) is 0 Å². The van der Waals surface area contributed by atoms with Crippen molar-refractivity contribution in [2.45, 2.75) is 51.6 Å². The molecule has 0 bridgehead atoms. The van der Waals surface area contributed by atoms with Crippen molar-refractivity contribution in [3.8, 4) is 0 Å². The Morgan fingerprint density at radius 3 is 2.77 bits per heavy atom. The van der Waals surface area contributed by atoms with Crippen LogP contribution in [0.5, 0.6) is 0 Å². The molecule has 0 spiro atoms. The van der Waals surface area contributed by atoms with Crippen molar-refractivity contribution in [3.63, 3.8) is 0 Å². The van der Waals surface area contributed by atoms with Crippen LogP contribution in [0.15, 0.2) is 0 Å². The largest absolute Gasteiger partial charge is 0.352 e. The number of amides is 1. The minimum absolute atomic E-state index is 0.0150. The van der Waals surface area contributed by atoms with Crippen molar-refractivity contribution >= 4 is 5.91 Å². The van der Waals surface area contributed by atoms with Crippen LogP contribution in [0.2, 0.25) is 0 Å². The quantitative estimate of drug-likeness (QED) is 0.688. The molecular formula is C10H20N2O. The molecule has 0 aromatic rings. The highest BCUT2D eigenvalue weighted by Gasteiger charge is 2.25. The number of nitrogens with one attached hydrogen (secondary N) is 1. The van der Waals surface area contributed by atoms with E-state index in [1.54, 1.807) is 0 Å². The van der Waals surface area contributed by atoms with Crippen molar-refractivity contribution in [2.24, 2.45) is 11.7 Å². The fourth-order valence-corrected chi connectivity index (χ4v) is 1.84. The fourth-order valence-electron chi connectivity index (χ4n) is 1.84. The molecule has 0 heterocycles. The van der Waals surface area contributed by atoms with Gasteiger partial charge in [0.15, 0.2) is 0 Å². The molecule has 1 aliphatic carbocycles.